The van der Waals surface area contributed by atoms with Gasteiger partial charge in [0.25, 0.3) is 0 Å². The third-order valence-electron chi connectivity index (χ3n) is 2.94. The molecule has 1 heterocycles. The molecule has 1 N–H and O–H groups in total. The fourth-order valence-electron chi connectivity index (χ4n) is 1.74. The van der Waals surface area contributed by atoms with Gasteiger partial charge in [-0.25, -0.2) is 0 Å². The molecule has 6 nitrogen and oxygen atoms in total. The van der Waals surface area contributed by atoms with Gasteiger partial charge in [-0.2, -0.15) is 0 Å². The van der Waals surface area contributed by atoms with Gasteiger partial charge >= 0.3 is 0 Å². The molecule has 0 atom stereocenters. The van der Waals surface area contributed by atoms with E-state index in [-0.39, 0.29) is 12.5 Å². The maximum absolute atomic E-state index is 11.6. The summed E-state index contributed by atoms with van der Waals surface area (Å²) >= 11 is 5.96. The maximum Gasteiger partial charge on any atom is 0.241 e. The number of aliphatic imine (C=N–C) groups is 1. The van der Waals surface area contributed by atoms with Crippen LogP contribution < -0.4 is 5.32 Å². The molecule has 0 bridgehead atoms. The number of rotatable bonds is 4. The van der Waals surface area contributed by atoms with Crippen molar-refractivity contribution in [1.29, 1.82) is 0 Å². The van der Waals surface area contributed by atoms with Gasteiger partial charge in [0.2, 0.25) is 5.91 Å². The van der Waals surface area contributed by atoms with Crippen molar-refractivity contribution in [3.63, 3.8) is 0 Å². The van der Waals surface area contributed by atoms with Crippen molar-refractivity contribution >= 4 is 23.5 Å². The van der Waals surface area contributed by atoms with Crippen molar-refractivity contribution in [3.05, 3.63) is 23.0 Å². The molecule has 0 spiro atoms. The van der Waals surface area contributed by atoms with Crippen LogP contribution in [0.1, 0.15) is 5.69 Å². The van der Waals surface area contributed by atoms with Crippen LogP contribution >= 0.6 is 11.6 Å². The Hall–Kier alpha value is -1.69. The Morgan fingerprint density at radius 3 is 2.55 bits per heavy atom. The number of amides is 1. The number of nitrogens with zero attached hydrogens (tertiary/aromatic N) is 4. The summed E-state index contributed by atoms with van der Waals surface area (Å²) in [4.78, 5) is 19.2. The number of hydrogen-bond acceptors (Lipinski definition) is 2. The van der Waals surface area contributed by atoms with Gasteiger partial charge in [0.05, 0.1) is 18.1 Å². The summed E-state index contributed by atoms with van der Waals surface area (Å²) in [6, 6.07) is 1.91. The highest BCUT2D eigenvalue weighted by atomic mass is 35.5. The number of halogens is 1. The molecule has 0 saturated heterocycles. The maximum atomic E-state index is 11.6. The second kappa shape index (κ2) is 7.19. The van der Waals surface area contributed by atoms with Crippen molar-refractivity contribution < 1.29 is 4.79 Å². The molecule has 0 radical (unpaired) electrons. The first kappa shape index (κ1) is 16.4. The summed E-state index contributed by atoms with van der Waals surface area (Å²) in [6.45, 7) is 0.872. The van der Waals surface area contributed by atoms with Crippen LogP contribution in [0.2, 0.25) is 5.02 Å². The van der Waals surface area contributed by atoms with Crippen molar-refractivity contribution in [2.24, 2.45) is 12.0 Å². The standard InChI is InChI=1S/C13H22ClN5O/c1-15-13(16-7-12(20)17(2)3)19(5)9-11-6-10(14)8-18(11)4/h6,8H,7,9H2,1-5H3,(H,15,16). The largest absolute Gasteiger partial charge is 0.351 e. The van der Waals surface area contributed by atoms with E-state index in [1.54, 1.807) is 21.1 Å². The predicted octanol–water partition coefficient (Wildman–Crippen LogP) is 0.774. The Morgan fingerprint density at radius 2 is 2.10 bits per heavy atom. The lowest BCUT2D eigenvalue weighted by atomic mass is 10.4. The molecule has 0 unspecified atom stereocenters. The van der Waals surface area contributed by atoms with E-state index in [0.717, 1.165) is 5.69 Å². The Kier molecular flexibility index (Phi) is 5.88. The van der Waals surface area contributed by atoms with E-state index in [1.807, 2.05) is 35.8 Å². The SMILES string of the molecule is CN=C(NCC(=O)N(C)C)N(C)Cc1cc(Cl)cn1C. The topological polar surface area (TPSA) is 52.9 Å². The molecule has 0 aliphatic rings. The van der Waals surface area contributed by atoms with Crippen LogP contribution in [0.5, 0.6) is 0 Å². The van der Waals surface area contributed by atoms with Crippen LogP contribution in [-0.4, -0.2) is 61.0 Å². The molecule has 0 saturated carbocycles. The Labute approximate surface area is 125 Å². The van der Waals surface area contributed by atoms with Crippen LogP contribution in [0, 0.1) is 0 Å². The average molecular weight is 300 g/mol. The Morgan fingerprint density at radius 1 is 1.45 bits per heavy atom. The minimum absolute atomic E-state index is 0.00135. The molecule has 7 heteroatoms. The van der Waals surface area contributed by atoms with E-state index in [4.69, 9.17) is 11.6 Å². The molecule has 1 amide bonds. The summed E-state index contributed by atoms with van der Waals surface area (Å²) < 4.78 is 1.97. The molecule has 1 rings (SSSR count). The highest BCUT2D eigenvalue weighted by Crippen LogP contribution is 2.14. The van der Waals surface area contributed by atoms with Crippen LogP contribution in [-0.2, 0) is 18.4 Å². The monoisotopic (exact) mass is 299 g/mol. The van der Waals surface area contributed by atoms with Gasteiger partial charge in [-0.15, -0.1) is 0 Å². The lowest BCUT2D eigenvalue weighted by Crippen LogP contribution is -2.43. The van der Waals surface area contributed by atoms with Crippen LogP contribution in [0.4, 0.5) is 0 Å². The third kappa shape index (κ3) is 4.45. The summed E-state index contributed by atoms with van der Waals surface area (Å²) in [5.74, 6) is 0.666. The number of hydrogen-bond donors (Lipinski definition) is 1. The van der Waals surface area contributed by atoms with Crippen LogP contribution in [0.25, 0.3) is 0 Å². The van der Waals surface area contributed by atoms with Gasteiger partial charge in [0.1, 0.15) is 0 Å². The van der Waals surface area contributed by atoms with Gasteiger partial charge < -0.3 is 19.7 Å². The van der Waals surface area contributed by atoms with Gasteiger partial charge in [-0.3, -0.25) is 9.79 Å². The molecule has 0 aliphatic carbocycles. The van der Waals surface area contributed by atoms with Gasteiger partial charge in [-0.1, -0.05) is 11.6 Å². The first-order chi connectivity index (χ1) is 9.35. The highest BCUT2D eigenvalue weighted by Gasteiger charge is 2.11. The smallest absolute Gasteiger partial charge is 0.241 e. The molecule has 1 aromatic heterocycles. The number of carbonyl (C=O) groups is 1. The van der Waals surface area contributed by atoms with Crippen molar-refractivity contribution in [2.45, 2.75) is 6.54 Å². The first-order valence-corrected chi connectivity index (χ1v) is 6.65. The fraction of sp³-hybridized carbons (Fsp3) is 0.538. The van der Waals surface area contributed by atoms with E-state index in [2.05, 4.69) is 10.3 Å². The quantitative estimate of drug-likeness (QED) is 0.660. The number of nitrogens with one attached hydrogen (secondary N) is 1. The van der Waals surface area contributed by atoms with E-state index < -0.39 is 0 Å². The highest BCUT2D eigenvalue weighted by molar-refractivity contribution is 6.30. The lowest BCUT2D eigenvalue weighted by molar-refractivity contribution is -0.127. The zero-order chi connectivity index (χ0) is 15.3. The normalized spacial score (nSPS) is 11.4. The molecule has 1 aromatic rings. The first-order valence-electron chi connectivity index (χ1n) is 6.27. The average Bonchev–Trinajstić information content (AvgIpc) is 2.68. The molecule has 0 fully saturated rings. The second-order valence-electron chi connectivity index (χ2n) is 4.81. The van der Waals surface area contributed by atoms with E-state index in [9.17, 15) is 4.79 Å². The van der Waals surface area contributed by atoms with Crippen molar-refractivity contribution in [2.75, 3.05) is 34.7 Å². The second-order valence-corrected chi connectivity index (χ2v) is 5.24. The van der Waals surface area contributed by atoms with E-state index in [1.165, 1.54) is 4.90 Å². The van der Waals surface area contributed by atoms with Crippen LogP contribution in [0.3, 0.4) is 0 Å². The molecule has 20 heavy (non-hydrogen) atoms. The molecular formula is C13H22ClN5O. The number of guanidine groups is 1. The fourth-order valence-corrected chi connectivity index (χ4v) is 2.01. The molecular weight excluding hydrogens is 278 g/mol. The minimum Gasteiger partial charge on any atom is -0.351 e. The van der Waals surface area contributed by atoms with Crippen molar-refractivity contribution in [3.8, 4) is 0 Å². The van der Waals surface area contributed by atoms with Gasteiger partial charge in [0.15, 0.2) is 5.96 Å². The van der Waals surface area contributed by atoms with Crippen LogP contribution in [0.15, 0.2) is 17.3 Å². The number of aromatic nitrogens is 1. The third-order valence-corrected chi connectivity index (χ3v) is 3.15. The number of aryl methyl sites for hydroxylation is 1. The summed E-state index contributed by atoms with van der Waals surface area (Å²) in [5.41, 5.74) is 1.07. The summed E-state index contributed by atoms with van der Waals surface area (Å²) in [7, 11) is 9.00. The Bertz CT molecular complexity index is 495. The van der Waals surface area contributed by atoms with Gasteiger partial charge in [-0.05, 0) is 6.07 Å². The lowest BCUT2D eigenvalue weighted by Gasteiger charge is -2.22. The predicted molar refractivity (Wildman–Crippen MR) is 81.9 cm³/mol. The van der Waals surface area contributed by atoms with Gasteiger partial charge in [0, 0.05) is 47.1 Å². The zero-order valence-electron chi connectivity index (χ0n) is 12.6. The van der Waals surface area contributed by atoms with E-state index >= 15 is 0 Å². The minimum atomic E-state index is 0.00135. The molecule has 0 aromatic carbocycles. The molecule has 0 aliphatic heterocycles. The molecule has 112 valence electrons. The summed E-state index contributed by atoms with van der Waals surface area (Å²) in [5, 5.41) is 3.75. The summed E-state index contributed by atoms with van der Waals surface area (Å²) in [6.07, 6.45) is 1.86. The number of carbonyl (C=O) groups excluding carboxylic acids is 1. The van der Waals surface area contributed by atoms with E-state index in [0.29, 0.717) is 17.5 Å². The van der Waals surface area contributed by atoms with Crippen molar-refractivity contribution in [1.82, 2.24) is 19.7 Å². The number of likely N-dealkylation sites (N-methyl/N-ethyl adjacent to an activating group) is 1. The zero-order valence-corrected chi connectivity index (χ0v) is 13.4. The Balaban J connectivity index is 2.62.